The van der Waals surface area contributed by atoms with Crippen molar-refractivity contribution >= 4 is 5.97 Å². The maximum absolute atomic E-state index is 11.8. The number of hydrogen-bond donors (Lipinski definition) is 2. The number of ether oxygens (including phenoxy) is 1. The molecule has 0 radical (unpaired) electrons. The highest BCUT2D eigenvalue weighted by Crippen LogP contribution is 2.23. The van der Waals surface area contributed by atoms with E-state index in [0.29, 0.717) is 16.9 Å². The average molecular weight is 243 g/mol. The van der Waals surface area contributed by atoms with Gasteiger partial charge in [0.05, 0.1) is 5.56 Å². The Morgan fingerprint density at radius 1 is 1.17 bits per heavy atom. The number of benzene rings is 2. The molecule has 0 spiro atoms. The number of rotatable bonds is 3. The van der Waals surface area contributed by atoms with Crippen molar-refractivity contribution < 1.29 is 14.6 Å². The molecule has 18 heavy (non-hydrogen) atoms. The fraction of sp³-hybridized carbons (Fsp3) is 0.0714. The summed E-state index contributed by atoms with van der Waals surface area (Å²) in [4.78, 5) is 11.8. The van der Waals surface area contributed by atoms with Crippen LogP contribution in [-0.4, -0.2) is 11.1 Å². The summed E-state index contributed by atoms with van der Waals surface area (Å²) in [7, 11) is 0. The SMILES string of the molecule is NCc1ccc(OC(=O)c2ccccc2)cc1O. The molecule has 0 bridgehead atoms. The van der Waals surface area contributed by atoms with Gasteiger partial charge in [-0.1, -0.05) is 24.3 Å². The number of phenolic OH excluding ortho intramolecular Hbond substituents is 1. The van der Waals surface area contributed by atoms with Crippen LogP contribution in [0.4, 0.5) is 0 Å². The molecule has 4 nitrogen and oxygen atoms in total. The molecule has 0 unspecified atom stereocenters. The Morgan fingerprint density at radius 3 is 2.50 bits per heavy atom. The highest BCUT2D eigenvalue weighted by molar-refractivity contribution is 5.91. The van der Waals surface area contributed by atoms with E-state index in [2.05, 4.69) is 0 Å². The van der Waals surface area contributed by atoms with Gasteiger partial charge >= 0.3 is 5.97 Å². The van der Waals surface area contributed by atoms with Crippen molar-refractivity contribution in [3.63, 3.8) is 0 Å². The minimum atomic E-state index is -0.463. The Bertz CT molecular complexity index is 552. The first kappa shape index (κ1) is 12.1. The number of nitrogens with two attached hydrogens (primary N) is 1. The first-order chi connectivity index (χ1) is 8.70. The van der Waals surface area contributed by atoms with Crippen molar-refractivity contribution in [1.29, 1.82) is 0 Å². The highest BCUT2D eigenvalue weighted by atomic mass is 16.5. The molecule has 92 valence electrons. The molecule has 0 atom stereocenters. The molecule has 2 rings (SSSR count). The van der Waals surface area contributed by atoms with E-state index in [-0.39, 0.29) is 12.3 Å². The second kappa shape index (κ2) is 5.33. The number of carbonyl (C=O) groups excluding carboxylic acids is 1. The minimum Gasteiger partial charge on any atom is -0.507 e. The third kappa shape index (κ3) is 2.67. The van der Waals surface area contributed by atoms with Crippen LogP contribution in [0.15, 0.2) is 48.5 Å². The van der Waals surface area contributed by atoms with Crippen LogP contribution in [0.5, 0.6) is 11.5 Å². The molecule has 3 N–H and O–H groups in total. The van der Waals surface area contributed by atoms with Gasteiger partial charge in [0.15, 0.2) is 0 Å². The summed E-state index contributed by atoms with van der Waals surface area (Å²) < 4.78 is 5.14. The zero-order chi connectivity index (χ0) is 13.0. The van der Waals surface area contributed by atoms with Crippen LogP contribution in [-0.2, 0) is 6.54 Å². The molecule has 0 heterocycles. The van der Waals surface area contributed by atoms with E-state index in [1.807, 2.05) is 6.07 Å². The molecule has 0 saturated heterocycles. The van der Waals surface area contributed by atoms with E-state index in [4.69, 9.17) is 10.5 Å². The summed E-state index contributed by atoms with van der Waals surface area (Å²) in [6.07, 6.45) is 0. The van der Waals surface area contributed by atoms with Gasteiger partial charge in [0.1, 0.15) is 11.5 Å². The Morgan fingerprint density at radius 2 is 1.89 bits per heavy atom. The minimum absolute atomic E-state index is 0.0239. The van der Waals surface area contributed by atoms with Gasteiger partial charge in [-0.05, 0) is 18.2 Å². The van der Waals surface area contributed by atoms with Gasteiger partial charge < -0.3 is 15.6 Å². The van der Waals surface area contributed by atoms with E-state index in [9.17, 15) is 9.90 Å². The monoisotopic (exact) mass is 243 g/mol. The van der Waals surface area contributed by atoms with E-state index < -0.39 is 5.97 Å². The number of esters is 1. The Kier molecular flexibility index (Phi) is 3.60. The van der Waals surface area contributed by atoms with Crippen molar-refractivity contribution in [2.24, 2.45) is 5.73 Å². The molecule has 0 aromatic heterocycles. The van der Waals surface area contributed by atoms with Gasteiger partial charge in [0, 0.05) is 18.2 Å². The summed E-state index contributed by atoms with van der Waals surface area (Å²) in [6, 6.07) is 13.3. The number of hydrogen-bond acceptors (Lipinski definition) is 4. The summed E-state index contributed by atoms with van der Waals surface area (Å²) in [5.74, 6) is -0.148. The number of phenols is 1. The quantitative estimate of drug-likeness (QED) is 0.639. The smallest absolute Gasteiger partial charge is 0.343 e. The van der Waals surface area contributed by atoms with Crippen LogP contribution in [0.25, 0.3) is 0 Å². The molecule has 4 heteroatoms. The second-order valence-electron chi connectivity index (χ2n) is 3.75. The highest BCUT2D eigenvalue weighted by Gasteiger charge is 2.09. The van der Waals surface area contributed by atoms with Crippen LogP contribution in [0.2, 0.25) is 0 Å². The van der Waals surface area contributed by atoms with Gasteiger partial charge in [-0.3, -0.25) is 0 Å². The largest absolute Gasteiger partial charge is 0.507 e. The first-order valence-electron chi connectivity index (χ1n) is 5.50. The molecular formula is C14H13NO3. The van der Waals surface area contributed by atoms with E-state index in [0.717, 1.165) is 0 Å². The fourth-order valence-electron chi connectivity index (χ4n) is 1.52. The van der Waals surface area contributed by atoms with Gasteiger partial charge in [-0.25, -0.2) is 4.79 Å². The van der Waals surface area contributed by atoms with Gasteiger partial charge in [-0.2, -0.15) is 0 Å². The average Bonchev–Trinajstić information content (AvgIpc) is 2.40. The summed E-state index contributed by atoms with van der Waals surface area (Å²) >= 11 is 0. The van der Waals surface area contributed by atoms with E-state index >= 15 is 0 Å². The standard InChI is InChI=1S/C14H13NO3/c15-9-11-6-7-12(8-13(11)16)18-14(17)10-4-2-1-3-5-10/h1-8,16H,9,15H2. The lowest BCUT2D eigenvalue weighted by Crippen LogP contribution is -2.08. The number of carbonyl (C=O) groups is 1. The van der Waals surface area contributed by atoms with Crippen LogP contribution in [0, 0.1) is 0 Å². The fourth-order valence-corrected chi connectivity index (χ4v) is 1.52. The molecule has 0 saturated carbocycles. The molecule has 0 amide bonds. The molecule has 0 aliphatic carbocycles. The van der Waals surface area contributed by atoms with E-state index in [1.54, 1.807) is 36.4 Å². The zero-order valence-electron chi connectivity index (χ0n) is 9.67. The lowest BCUT2D eigenvalue weighted by molar-refractivity contribution is 0.0734. The van der Waals surface area contributed by atoms with Crippen LogP contribution in [0.3, 0.4) is 0 Å². The van der Waals surface area contributed by atoms with Gasteiger partial charge in [-0.15, -0.1) is 0 Å². The van der Waals surface area contributed by atoms with Crippen molar-refractivity contribution in [2.75, 3.05) is 0 Å². The Balaban J connectivity index is 2.15. The Hall–Kier alpha value is -2.33. The van der Waals surface area contributed by atoms with Gasteiger partial charge in [0.25, 0.3) is 0 Å². The third-order valence-corrected chi connectivity index (χ3v) is 2.50. The Labute approximate surface area is 105 Å². The topological polar surface area (TPSA) is 72.5 Å². The first-order valence-corrected chi connectivity index (χ1v) is 5.50. The molecule has 2 aromatic rings. The van der Waals surface area contributed by atoms with E-state index in [1.165, 1.54) is 6.07 Å². The zero-order valence-corrected chi connectivity index (χ0v) is 9.67. The summed E-state index contributed by atoms with van der Waals surface area (Å²) in [6.45, 7) is 0.235. The molecule has 0 aliphatic heterocycles. The van der Waals surface area contributed by atoms with Crippen LogP contribution >= 0.6 is 0 Å². The molecule has 2 aromatic carbocycles. The maximum Gasteiger partial charge on any atom is 0.343 e. The normalized spacial score (nSPS) is 10.1. The number of aromatic hydroxyl groups is 1. The lowest BCUT2D eigenvalue weighted by atomic mass is 10.2. The molecular weight excluding hydrogens is 230 g/mol. The van der Waals surface area contributed by atoms with Crippen molar-refractivity contribution in [3.8, 4) is 11.5 Å². The predicted molar refractivity (Wildman–Crippen MR) is 67.4 cm³/mol. The van der Waals surface area contributed by atoms with Gasteiger partial charge in [0.2, 0.25) is 0 Å². The molecule has 0 aliphatic rings. The summed E-state index contributed by atoms with van der Waals surface area (Å²) in [5.41, 5.74) is 6.49. The maximum atomic E-state index is 11.8. The summed E-state index contributed by atoms with van der Waals surface area (Å²) in [5, 5.41) is 9.60. The second-order valence-corrected chi connectivity index (χ2v) is 3.75. The predicted octanol–water partition coefficient (Wildman–Crippen LogP) is 2.07. The molecule has 0 fully saturated rings. The van der Waals surface area contributed by atoms with Crippen LogP contribution in [0.1, 0.15) is 15.9 Å². The van der Waals surface area contributed by atoms with Crippen molar-refractivity contribution in [3.05, 3.63) is 59.7 Å². The van der Waals surface area contributed by atoms with Crippen LogP contribution < -0.4 is 10.5 Å². The van der Waals surface area contributed by atoms with Crippen molar-refractivity contribution in [2.45, 2.75) is 6.54 Å². The third-order valence-electron chi connectivity index (χ3n) is 2.50. The van der Waals surface area contributed by atoms with Crippen molar-refractivity contribution in [1.82, 2.24) is 0 Å². The lowest BCUT2D eigenvalue weighted by Gasteiger charge is -2.06.